The molecular weight excluding hydrogens is 264 g/mol. The molecule has 5 nitrogen and oxygen atoms in total. The summed E-state index contributed by atoms with van der Waals surface area (Å²) in [5.74, 6) is 0. The van der Waals surface area contributed by atoms with Gasteiger partial charge < -0.3 is 10.2 Å². The minimum Gasteiger partial charge on any atom is -0.452 e. The molecule has 0 saturated carbocycles. The fourth-order valence-electron chi connectivity index (χ4n) is 1.89. The molecule has 1 aliphatic rings. The molecule has 7 heteroatoms. The normalized spacial score (nSPS) is 25.8. The van der Waals surface area contributed by atoms with Gasteiger partial charge in [0.25, 0.3) is 10.0 Å². The van der Waals surface area contributed by atoms with Gasteiger partial charge in [0, 0.05) is 13.1 Å². The largest absolute Gasteiger partial charge is 0.452 e. The SMILES string of the molecule is CC1(CN)CCN(S(=O)(=O)c2ccco2)C1.Cl. The summed E-state index contributed by atoms with van der Waals surface area (Å²) in [5.41, 5.74) is 5.54. The smallest absolute Gasteiger partial charge is 0.276 e. The number of furan rings is 1. The second kappa shape index (κ2) is 4.97. The Kier molecular flexibility index (Phi) is 4.24. The van der Waals surface area contributed by atoms with E-state index in [0.717, 1.165) is 6.42 Å². The standard InChI is InChI=1S/C10H16N2O3S.ClH/c1-10(7-11)4-5-12(8-10)16(13,14)9-3-2-6-15-9;/h2-3,6H,4-5,7-8,11H2,1H3;1H. The molecule has 2 N–H and O–H groups in total. The van der Waals surface area contributed by atoms with E-state index >= 15 is 0 Å². The molecular formula is C10H17ClN2O3S. The number of hydrogen-bond donors (Lipinski definition) is 1. The lowest BCUT2D eigenvalue weighted by Gasteiger charge is -2.21. The Morgan fingerprint density at radius 2 is 2.29 bits per heavy atom. The molecule has 17 heavy (non-hydrogen) atoms. The molecule has 0 aliphatic carbocycles. The van der Waals surface area contributed by atoms with Crippen molar-refractivity contribution in [1.29, 1.82) is 0 Å². The molecule has 98 valence electrons. The Morgan fingerprint density at radius 1 is 1.59 bits per heavy atom. The van der Waals surface area contributed by atoms with Gasteiger partial charge in [0.2, 0.25) is 5.09 Å². The highest BCUT2D eigenvalue weighted by atomic mass is 35.5. The summed E-state index contributed by atoms with van der Waals surface area (Å²) in [5, 5.41) is 0.00812. The summed E-state index contributed by atoms with van der Waals surface area (Å²) in [4.78, 5) is 0. The molecule has 0 spiro atoms. The molecule has 2 rings (SSSR count). The van der Waals surface area contributed by atoms with E-state index in [-0.39, 0.29) is 22.9 Å². The van der Waals surface area contributed by atoms with Crippen LogP contribution in [0.4, 0.5) is 0 Å². The number of halogens is 1. The van der Waals surface area contributed by atoms with E-state index in [4.69, 9.17) is 10.2 Å². The summed E-state index contributed by atoms with van der Waals surface area (Å²) >= 11 is 0. The van der Waals surface area contributed by atoms with Crippen molar-refractivity contribution in [2.45, 2.75) is 18.4 Å². The molecule has 1 atom stereocenters. The molecule has 1 fully saturated rings. The van der Waals surface area contributed by atoms with Crippen molar-refractivity contribution in [2.75, 3.05) is 19.6 Å². The van der Waals surface area contributed by atoms with Crippen molar-refractivity contribution < 1.29 is 12.8 Å². The van der Waals surface area contributed by atoms with E-state index in [2.05, 4.69) is 0 Å². The third-order valence-corrected chi connectivity index (χ3v) is 4.84. The van der Waals surface area contributed by atoms with Crippen LogP contribution >= 0.6 is 12.4 Å². The lowest BCUT2D eigenvalue weighted by molar-refractivity contribution is 0.343. The molecule has 1 saturated heterocycles. The van der Waals surface area contributed by atoms with Crippen molar-refractivity contribution >= 4 is 22.4 Å². The van der Waals surface area contributed by atoms with E-state index < -0.39 is 10.0 Å². The third kappa shape index (κ3) is 2.65. The van der Waals surface area contributed by atoms with Gasteiger partial charge in [-0.2, -0.15) is 4.31 Å². The number of sulfonamides is 1. The zero-order chi connectivity index (χ0) is 11.8. The number of nitrogens with zero attached hydrogens (tertiary/aromatic N) is 1. The lowest BCUT2D eigenvalue weighted by Crippen LogP contribution is -2.34. The Morgan fingerprint density at radius 3 is 2.76 bits per heavy atom. The van der Waals surface area contributed by atoms with E-state index in [9.17, 15) is 8.42 Å². The van der Waals surface area contributed by atoms with Gasteiger partial charge in [0.05, 0.1) is 6.26 Å². The molecule has 1 aliphatic heterocycles. The molecule has 0 amide bonds. The lowest BCUT2D eigenvalue weighted by atomic mass is 9.90. The first-order valence-electron chi connectivity index (χ1n) is 5.22. The van der Waals surface area contributed by atoms with Crippen LogP contribution in [-0.4, -0.2) is 32.4 Å². The first-order valence-corrected chi connectivity index (χ1v) is 6.66. The second-order valence-corrected chi connectivity index (χ2v) is 6.40. The number of nitrogens with two attached hydrogens (primary N) is 1. The average Bonchev–Trinajstić information content (AvgIpc) is 2.87. The van der Waals surface area contributed by atoms with Gasteiger partial charge in [-0.25, -0.2) is 8.42 Å². The maximum absolute atomic E-state index is 12.1. The van der Waals surface area contributed by atoms with Gasteiger partial charge in [0.1, 0.15) is 0 Å². The first kappa shape index (κ1) is 14.5. The molecule has 0 radical (unpaired) electrons. The average molecular weight is 281 g/mol. The zero-order valence-corrected chi connectivity index (χ0v) is 11.3. The van der Waals surface area contributed by atoms with Gasteiger partial charge in [-0.3, -0.25) is 0 Å². The highest BCUT2D eigenvalue weighted by Gasteiger charge is 2.39. The Hall–Kier alpha value is -0.560. The topological polar surface area (TPSA) is 76.5 Å². The molecule has 1 aromatic heterocycles. The summed E-state index contributed by atoms with van der Waals surface area (Å²) in [6.45, 7) is 3.48. The van der Waals surface area contributed by atoms with Crippen LogP contribution in [0.25, 0.3) is 0 Å². The summed E-state index contributed by atoms with van der Waals surface area (Å²) < 4.78 is 30.6. The Labute approximate surface area is 107 Å². The Bertz CT molecular complexity index is 460. The van der Waals surface area contributed by atoms with Gasteiger partial charge in [-0.1, -0.05) is 6.92 Å². The highest BCUT2D eigenvalue weighted by molar-refractivity contribution is 7.89. The van der Waals surface area contributed by atoms with Crippen molar-refractivity contribution in [1.82, 2.24) is 4.31 Å². The van der Waals surface area contributed by atoms with Gasteiger partial charge in [-0.05, 0) is 30.5 Å². The molecule has 2 heterocycles. The number of rotatable bonds is 3. The van der Waals surface area contributed by atoms with Crippen LogP contribution in [0.3, 0.4) is 0 Å². The quantitative estimate of drug-likeness (QED) is 0.898. The maximum Gasteiger partial charge on any atom is 0.276 e. The zero-order valence-electron chi connectivity index (χ0n) is 9.63. The van der Waals surface area contributed by atoms with Crippen molar-refractivity contribution in [3.63, 3.8) is 0 Å². The van der Waals surface area contributed by atoms with Gasteiger partial charge in [-0.15, -0.1) is 12.4 Å². The van der Waals surface area contributed by atoms with Crippen LogP contribution in [0.1, 0.15) is 13.3 Å². The summed E-state index contributed by atoms with van der Waals surface area (Å²) in [6, 6.07) is 3.04. The predicted octanol–water partition coefficient (Wildman–Crippen LogP) is 1.06. The molecule has 0 bridgehead atoms. The van der Waals surface area contributed by atoms with Crippen molar-refractivity contribution in [3.05, 3.63) is 18.4 Å². The fourth-order valence-corrected chi connectivity index (χ4v) is 3.38. The minimum absolute atomic E-state index is 0. The van der Waals surface area contributed by atoms with Crippen LogP contribution < -0.4 is 5.73 Å². The summed E-state index contributed by atoms with van der Waals surface area (Å²) in [6.07, 6.45) is 2.16. The van der Waals surface area contributed by atoms with Gasteiger partial charge >= 0.3 is 0 Å². The van der Waals surface area contributed by atoms with Crippen molar-refractivity contribution in [3.8, 4) is 0 Å². The Balaban J connectivity index is 0.00000144. The third-order valence-electron chi connectivity index (χ3n) is 3.10. The van der Waals surface area contributed by atoms with Crippen LogP contribution in [0, 0.1) is 5.41 Å². The van der Waals surface area contributed by atoms with Crippen LogP contribution in [-0.2, 0) is 10.0 Å². The highest BCUT2D eigenvalue weighted by Crippen LogP contribution is 2.32. The fraction of sp³-hybridized carbons (Fsp3) is 0.600. The second-order valence-electron chi connectivity index (χ2n) is 4.54. The predicted molar refractivity (Wildman–Crippen MR) is 66.5 cm³/mol. The van der Waals surface area contributed by atoms with Crippen LogP contribution in [0.2, 0.25) is 0 Å². The molecule has 1 unspecified atom stereocenters. The first-order chi connectivity index (χ1) is 7.48. The minimum atomic E-state index is -3.47. The van der Waals surface area contributed by atoms with E-state index in [1.54, 1.807) is 6.07 Å². The number of hydrogen-bond acceptors (Lipinski definition) is 4. The monoisotopic (exact) mass is 280 g/mol. The molecule has 0 aromatic carbocycles. The molecule has 1 aromatic rings. The van der Waals surface area contributed by atoms with Crippen molar-refractivity contribution in [2.24, 2.45) is 11.1 Å². The van der Waals surface area contributed by atoms with Gasteiger partial charge in [0.15, 0.2) is 0 Å². The van der Waals surface area contributed by atoms with E-state index in [0.29, 0.717) is 19.6 Å². The summed E-state index contributed by atoms with van der Waals surface area (Å²) in [7, 11) is -3.47. The maximum atomic E-state index is 12.1. The van der Waals surface area contributed by atoms with E-state index in [1.807, 2.05) is 6.92 Å². The van der Waals surface area contributed by atoms with E-state index in [1.165, 1.54) is 16.6 Å². The van der Waals surface area contributed by atoms with Crippen LogP contribution in [0.5, 0.6) is 0 Å². The van der Waals surface area contributed by atoms with Crippen LogP contribution in [0.15, 0.2) is 27.9 Å².